The van der Waals surface area contributed by atoms with Gasteiger partial charge in [-0.15, -0.1) is 0 Å². The first-order valence-corrected chi connectivity index (χ1v) is 12.1. The van der Waals surface area contributed by atoms with E-state index in [1.54, 1.807) is 11.8 Å². The molecule has 1 atom stereocenters. The van der Waals surface area contributed by atoms with Crippen LogP contribution in [-0.2, 0) is 11.3 Å². The number of aromatic nitrogens is 2. The number of nitrogens with one attached hydrogen (secondary N) is 1. The number of aromatic amines is 1. The Bertz CT molecular complexity index is 1060. The van der Waals surface area contributed by atoms with Gasteiger partial charge in [-0.3, -0.25) is 4.90 Å². The molecular weight excluding hydrogens is 414 g/mol. The minimum Gasteiger partial charge on any atom is -0.375 e. The highest BCUT2D eigenvalue weighted by atomic mass is 32.2. The van der Waals surface area contributed by atoms with Crippen LogP contribution in [0.25, 0.3) is 22.5 Å². The van der Waals surface area contributed by atoms with E-state index in [-0.39, 0.29) is 6.10 Å². The zero-order valence-electron chi connectivity index (χ0n) is 18.0. The molecule has 1 aliphatic rings. The first kappa shape index (κ1) is 21.0. The monoisotopic (exact) mass is 441 g/mol. The molecule has 5 rings (SSSR count). The minimum absolute atomic E-state index is 0.197. The highest BCUT2D eigenvalue weighted by molar-refractivity contribution is 7.99. The first-order valence-electron chi connectivity index (χ1n) is 11.1. The maximum absolute atomic E-state index is 6.07. The summed E-state index contributed by atoms with van der Waals surface area (Å²) >= 11 is 1.74. The fraction of sp³-hybridized carbons (Fsp3) is 0.222. The zero-order valence-corrected chi connectivity index (χ0v) is 18.8. The summed E-state index contributed by atoms with van der Waals surface area (Å²) in [4.78, 5) is 11.0. The zero-order chi connectivity index (χ0) is 21.6. The summed E-state index contributed by atoms with van der Waals surface area (Å²) < 4.78 is 6.07. The number of morpholine rings is 1. The molecule has 0 spiro atoms. The van der Waals surface area contributed by atoms with Crippen molar-refractivity contribution in [2.45, 2.75) is 17.8 Å². The SMILES string of the molecule is c1ccc(CN2CCO[C@@H](CSc3nc(-c4ccccc4)c(-c4ccccc4)[nH]3)C2)cc1. The van der Waals surface area contributed by atoms with Gasteiger partial charge < -0.3 is 9.72 Å². The largest absolute Gasteiger partial charge is 0.375 e. The van der Waals surface area contributed by atoms with Gasteiger partial charge in [0.25, 0.3) is 0 Å². The van der Waals surface area contributed by atoms with Crippen LogP contribution in [0, 0.1) is 0 Å². The molecule has 32 heavy (non-hydrogen) atoms. The number of rotatable bonds is 7. The molecule has 0 amide bonds. The second-order valence-corrected chi connectivity index (χ2v) is 9.03. The molecule has 1 fully saturated rings. The van der Waals surface area contributed by atoms with Crippen LogP contribution in [0.3, 0.4) is 0 Å². The summed E-state index contributed by atoms with van der Waals surface area (Å²) in [6.07, 6.45) is 0.197. The molecule has 5 heteroatoms. The maximum atomic E-state index is 6.07. The van der Waals surface area contributed by atoms with Gasteiger partial charge >= 0.3 is 0 Å². The Morgan fingerprint density at radius 2 is 1.53 bits per heavy atom. The van der Waals surface area contributed by atoms with Crippen molar-refractivity contribution in [3.63, 3.8) is 0 Å². The van der Waals surface area contributed by atoms with Crippen molar-refractivity contribution in [1.29, 1.82) is 0 Å². The standard InChI is InChI=1S/C27H27N3OS/c1-4-10-21(11-5-1)18-30-16-17-31-24(19-30)20-32-27-28-25(22-12-6-2-7-13-22)26(29-27)23-14-8-3-9-15-23/h1-15,24H,16-20H2,(H,28,29)/t24-/m1/s1. The molecule has 162 valence electrons. The number of hydrogen-bond donors (Lipinski definition) is 1. The third-order valence-corrected chi connectivity index (χ3v) is 6.67. The highest BCUT2D eigenvalue weighted by Crippen LogP contribution is 2.33. The second-order valence-electron chi connectivity index (χ2n) is 8.02. The van der Waals surface area contributed by atoms with Crippen LogP contribution in [0.5, 0.6) is 0 Å². The molecule has 0 bridgehead atoms. The maximum Gasteiger partial charge on any atom is 0.166 e. The van der Waals surface area contributed by atoms with Gasteiger partial charge in [-0.1, -0.05) is 103 Å². The fourth-order valence-corrected chi connectivity index (χ4v) is 4.95. The lowest BCUT2D eigenvalue weighted by Crippen LogP contribution is -2.43. The van der Waals surface area contributed by atoms with E-state index >= 15 is 0 Å². The highest BCUT2D eigenvalue weighted by Gasteiger charge is 2.22. The average Bonchev–Trinajstić information content (AvgIpc) is 3.29. The van der Waals surface area contributed by atoms with E-state index in [1.807, 2.05) is 12.1 Å². The second kappa shape index (κ2) is 10.2. The van der Waals surface area contributed by atoms with Crippen molar-refractivity contribution < 1.29 is 4.74 Å². The Balaban J connectivity index is 1.29. The Morgan fingerprint density at radius 1 is 0.875 bits per heavy atom. The van der Waals surface area contributed by atoms with E-state index < -0.39 is 0 Å². The van der Waals surface area contributed by atoms with Gasteiger partial charge in [0.05, 0.1) is 24.1 Å². The summed E-state index contributed by atoms with van der Waals surface area (Å²) in [5, 5.41) is 0.937. The predicted molar refractivity (Wildman–Crippen MR) is 132 cm³/mol. The summed E-state index contributed by atoms with van der Waals surface area (Å²) in [6, 6.07) is 31.5. The van der Waals surface area contributed by atoms with Gasteiger partial charge in [-0.05, 0) is 5.56 Å². The van der Waals surface area contributed by atoms with Crippen LogP contribution >= 0.6 is 11.8 Å². The van der Waals surface area contributed by atoms with Crippen molar-refractivity contribution in [1.82, 2.24) is 14.9 Å². The van der Waals surface area contributed by atoms with Crippen LogP contribution in [-0.4, -0.2) is 46.4 Å². The van der Waals surface area contributed by atoms with Gasteiger partial charge in [0, 0.05) is 36.5 Å². The quantitative estimate of drug-likeness (QED) is 0.372. The van der Waals surface area contributed by atoms with E-state index in [4.69, 9.17) is 9.72 Å². The number of nitrogens with zero attached hydrogens (tertiary/aromatic N) is 2. The van der Waals surface area contributed by atoms with Gasteiger partial charge in [0.15, 0.2) is 5.16 Å². The number of imidazole rings is 1. The van der Waals surface area contributed by atoms with Crippen molar-refractivity contribution >= 4 is 11.8 Å². The molecule has 1 aliphatic heterocycles. The third-order valence-electron chi connectivity index (χ3n) is 5.67. The van der Waals surface area contributed by atoms with Gasteiger partial charge in [0.1, 0.15) is 0 Å². The smallest absolute Gasteiger partial charge is 0.166 e. The number of thioether (sulfide) groups is 1. The molecule has 0 aliphatic carbocycles. The summed E-state index contributed by atoms with van der Waals surface area (Å²) in [5.41, 5.74) is 5.68. The van der Waals surface area contributed by atoms with Crippen LogP contribution in [0.15, 0.2) is 96.2 Å². The van der Waals surface area contributed by atoms with E-state index in [1.165, 1.54) is 5.56 Å². The third kappa shape index (κ3) is 5.13. The van der Waals surface area contributed by atoms with Crippen molar-refractivity contribution in [3.05, 3.63) is 96.6 Å². The van der Waals surface area contributed by atoms with Crippen molar-refractivity contribution in [3.8, 4) is 22.5 Å². The molecule has 2 heterocycles. The Hall–Kier alpha value is -2.86. The predicted octanol–water partition coefficient (Wildman–Crippen LogP) is 5.74. The lowest BCUT2D eigenvalue weighted by atomic mass is 10.1. The van der Waals surface area contributed by atoms with Crippen LogP contribution in [0.1, 0.15) is 5.56 Å². The molecule has 0 unspecified atom stereocenters. The van der Waals surface area contributed by atoms with Crippen molar-refractivity contribution in [2.75, 3.05) is 25.4 Å². The molecule has 4 aromatic rings. The Morgan fingerprint density at radius 3 is 2.25 bits per heavy atom. The van der Waals surface area contributed by atoms with E-state index in [0.29, 0.717) is 0 Å². The molecule has 1 saturated heterocycles. The van der Waals surface area contributed by atoms with Crippen LogP contribution in [0.4, 0.5) is 0 Å². The fourth-order valence-electron chi connectivity index (χ4n) is 4.08. The number of benzene rings is 3. The van der Waals surface area contributed by atoms with Crippen molar-refractivity contribution in [2.24, 2.45) is 0 Å². The molecule has 1 N–H and O–H groups in total. The minimum atomic E-state index is 0.197. The van der Waals surface area contributed by atoms with Gasteiger partial charge in [-0.2, -0.15) is 0 Å². The van der Waals surface area contributed by atoms with Crippen LogP contribution in [0.2, 0.25) is 0 Å². The van der Waals surface area contributed by atoms with Crippen LogP contribution < -0.4 is 0 Å². The normalized spacial score (nSPS) is 16.8. The topological polar surface area (TPSA) is 41.1 Å². The van der Waals surface area contributed by atoms with Gasteiger partial charge in [-0.25, -0.2) is 4.98 Å². The number of hydrogen-bond acceptors (Lipinski definition) is 4. The Kier molecular flexibility index (Phi) is 6.68. The lowest BCUT2D eigenvalue weighted by Gasteiger charge is -2.32. The Labute approximate surface area is 193 Å². The average molecular weight is 442 g/mol. The molecule has 1 aromatic heterocycles. The molecular formula is C27H27N3OS. The summed E-state index contributed by atoms with van der Waals surface area (Å²) in [7, 11) is 0. The summed E-state index contributed by atoms with van der Waals surface area (Å²) in [5.74, 6) is 0.876. The van der Waals surface area contributed by atoms with E-state index in [9.17, 15) is 0 Å². The van der Waals surface area contributed by atoms with E-state index in [0.717, 1.165) is 59.7 Å². The number of ether oxygens (including phenoxy) is 1. The van der Waals surface area contributed by atoms with Gasteiger partial charge in [0.2, 0.25) is 0 Å². The molecule has 4 nitrogen and oxygen atoms in total. The molecule has 0 radical (unpaired) electrons. The van der Waals surface area contributed by atoms with E-state index in [2.05, 4.69) is 88.7 Å². The first-order chi connectivity index (χ1) is 15.8. The number of H-pyrrole nitrogens is 1. The molecule has 3 aromatic carbocycles. The molecule has 0 saturated carbocycles. The lowest BCUT2D eigenvalue weighted by molar-refractivity contribution is -0.0187. The summed E-state index contributed by atoms with van der Waals surface area (Å²) in [6.45, 7) is 3.68.